The minimum absolute atomic E-state index is 0.179. The SMILES string of the molecule is Cc1ccc2sc(N(CCCN(C)C)C(=O)C3CCCCC3)nc2c1C. The zero-order valence-electron chi connectivity index (χ0n) is 16.5. The second-order valence-corrected chi connectivity index (χ2v) is 8.84. The molecule has 2 aromatic rings. The molecular weight excluding hydrogens is 342 g/mol. The van der Waals surface area contributed by atoms with E-state index < -0.39 is 0 Å². The van der Waals surface area contributed by atoms with E-state index in [2.05, 4.69) is 45.0 Å². The smallest absolute Gasteiger partial charge is 0.231 e. The number of nitrogens with zero attached hydrogens (tertiary/aromatic N) is 3. The predicted octanol–water partition coefficient (Wildman–Crippen LogP) is 4.78. The molecule has 1 aliphatic rings. The van der Waals surface area contributed by atoms with Gasteiger partial charge in [-0.15, -0.1) is 0 Å². The van der Waals surface area contributed by atoms with Gasteiger partial charge in [-0.1, -0.05) is 36.7 Å². The number of carbonyl (C=O) groups excluding carboxylic acids is 1. The molecule has 1 fully saturated rings. The summed E-state index contributed by atoms with van der Waals surface area (Å²) in [7, 11) is 4.16. The van der Waals surface area contributed by atoms with Crippen molar-refractivity contribution in [3.63, 3.8) is 0 Å². The van der Waals surface area contributed by atoms with Crippen LogP contribution in [0.3, 0.4) is 0 Å². The molecule has 0 atom stereocenters. The molecule has 0 N–H and O–H groups in total. The summed E-state index contributed by atoms with van der Waals surface area (Å²) in [5, 5.41) is 0.878. The van der Waals surface area contributed by atoms with Gasteiger partial charge in [0.05, 0.1) is 10.2 Å². The lowest BCUT2D eigenvalue weighted by Crippen LogP contribution is -2.38. The highest BCUT2D eigenvalue weighted by Gasteiger charge is 2.28. The Balaban J connectivity index is 1.88. The van der Waals surface area contributed by atoms with Crippen LogP contribution in [0.2, 0.25) is 0 Å². The van der Waals surface area contributed by atoms with Crippen LogP contribution in [0.15, 0.2) is 12.1 Å². The summed E-state index contributed by atoms with van der Waals surface area (Å²) >= 11 is 1.66. The molecule has 0 aliphatic heterocycles. The largest absolute Gasteiger partial charge is 0.309 e. The first kappa shape index (κ1) is 19.3. The fraction of sp³-hybridized carbons (Fsp3) is 0.619. The number of anilines is 1. The summed E-state index contributed by atoms with van der Waals surface area (Å²) in [6.07, 6.45) is 6.67. The molecular formula is C21H31N3OS. The Hall–Kier alpha value is -1.46. The molecule has 1 aliphatic carbocycles. The first-order valence-corrected chi connectivity index (χ1v) is 10.6. The standard InChI is InChI=1S/C21H31N3OS/c1-15-11-12-18-19(16(15)2)22-21(26-18)24(14-8-13-23(3)4)20(25)17-9-6-5-7-10-17/h11-12,17H,5-10,13-14H2,1-4H3. The third kappa shape index (κ3) is 4.26. The number of hydrogen-bond acceptors (Lipinski definition) is 4. The Morgan fingerprint density at radius 1 is 1.15 bits per heavy atom. The fourth-order valence-electron chi connectivity index (χ4n) is 3.74. The molecule has 1 aromatic heterocycles. The molecule has 142 valence electrons. The zero-order valence-corrected chi connectivity index (χ0v) is 17.4. The summed E-state index contributed by atoms with van der Waals surface area (Å²) < 4.78 is 1.18. The van der Waals surface area contributed by atoms with Gasteiger partial charge < -0.3 is 4.90 Å². The van der Waals surface area contributed by atoms with Gasteiger partial charge in [0, 0.05) is 12.5 Å². The van der Waals surface area contributed by atoms with Crippen molar-refractivity contribution in [2.45, 2.75) is 52.4 Å². The normalized spacial score (nSPS) is 15.7. The Morgan fingerprint density at radius 2 is 1.88 bits per heavy atom. The van der Waals surface area contributed by atoms with Crippen LogP contribution in [-0.2, 0) is 4.79 Å². The van der Waals surface area contributed by atoms with Crippen molar-refractivity contribution in [1.29, 1.82) is 0 Å². The van der Waals surface area contributed by atoms with Gasteiger partial charge in [-0.05, 0) is 70.9 Å². The average Bonchev–Trinajstić information content (AvgIpc) is 3.06. The minimum atomic E-state index is 0.179. The summed E-state index contributed by atoms with van der Waals surface area (Å²) in [6.45, 7) is 5.99. The van der Waals surface area contributed by atoms with Gasteiger partial charge in [0.25, 0.3) is 0 Å². The highest BCUT2D eigenvalue weighted by molar-refractivity contribution is 7.22. The van der Waals surface area contributed by atoms with Crippen molar-refractivity contribution >= 4 is 32.6 Å². The van der Waals surface area contributed by atoms with E-state index in [4.69, 9.17) is 4.98 Å². The van der Waals surface area contributed by atoms with E-state index >= 15 is 0 Å². The van der Waals surface area contributed by atoms with Gasteiger partial charge in [0.15, 0.2) is 5.13 Å². The molecule has 26 heavy (non-hydrogen) atoms. The maximum atomic E-state index is 13.3. The van der Waals surface area contributed by atoms with Crippen molar-refractivity contribution in [3.8, 4) is 0 Å². The summed E-state index contributed by atoms with van der Waals surface area (Å²) in [5.41, 5.74) is 3.54. The molecule has 0 bridgehead atoms. The average molecular weight is 374 g/mol. The third-order valence-corrected chi connectivity index (χ3v) is 6.56. The molecule has 1 aromatic carbocycles. The molecule has 1 heterocycles. The first-order valence-electron chi connectivity index (χ1n) is 9.80. The Kier molecular flexibility index (Phi) is 6.30. The van der Waals surface area contributed by atoms with Gasteiger partial charge in [-0.2, -0.15) is 0 Å². The molecule has 1 saturated carbocycles. The number of hydrogen-bond donors (Lipinski definition) is 0. The van der Waals surface area contributed by atoms with Crippen LogP contribution in [0.1, 0.15) is 49.7 Å². The summed E-state index contributed by atoms with van der Waals surface area (Å²) in [6, 6.07) is 4.29. The van der Waals surface area contributed by atoms with Crippen LogP contribution in [0, 0.1) is 19.8 Å². The molecule has 4 nitrogen and oxygen atoms in total. The number of thiazole rings is 1. The quantitative estimate of drug-likeness (QED) is 0.731. The molecule has 0 unspecified atom stereocenters. The lowest BCUT2D eigenvalue weighted by molar-refractivity contribution is -0.123. The highest BCUT2D eigenvalue weighted by atomic mass is 32.1. The lowest BCUT2D eigenvalue weighted by Gasteiger charge is -2.28. The predicted molar refractivity (Wildman–Crippen MR) is 111 cm³/mol. The maximum Gasteiger partial charge on any atom is 0.231 e. The zero-order chi connectivity index (χ0) is 18.7. The molecule has 0 saturated heterocycles. The number of aryl methyl sites for hydroxylation is 2. The molecule has 0 radical (unpaired) electrons. The van der Waals surface area contributed by atoms with Gasteiger partial charge in [0.2, 0.25) is 5.91 Å². The Bertz CT molecular complexity index is 762. The van der Waals surface area contributed by atoms with Gasteiger partial charge in [0.1, 0.15) is 0 Å². The van der Waals surface area contributed by atoms with Crippen molar-refractivity contribution in [2.24, 2.45) is 5.92 Å². The van der Waals surface area contributed by atoms with Crippen LogP contribution in [0.4, 0.5) is 5.13 Å². The highest BCUT2D eigenvalue weighted by Crippen LogP contribution is 2.34. The number of carbonyl (C=O) groups is 1. The number of rotatable bonds is 6. The summed E-state index contributed by atoms with van der Waals surface area (Å²) in [4.78, 5) is 22.3. The van der Waals surface area contributed by atoms with E-state index in [1.807, 2.05) is 4.90 Å². The molecule has 0 spiro atoms. The Labute approximate surface area is 161 Å². The fourth-order valence-corrected chi connectivity index (χ4v) is 4.80. The van der Waals surface area contributed by atoms with Crippen molar-refractivity contribution in [3.05, 3.63) is 23.3 Å². The maximum absolute atomic E-state index is 13.3. The van der Waals surface area contributed by atoms with Crippen LogP contribution in [0.25, 0.3) is 10.2 Å². The van der Waals surface area contributed by atoms with Gasteiger partial charge >= 0.3 is 0 Å². The number of amides is 1. The molecule has 3 rings (SSSR count). The van der Waals surface area contributed by atoms with E-state index in [9.17, 15) is 4.79 Å². The van der Waals surface area contributed by atoms with Crippen molar-refractivity contribution < 1.29 is 4.79 Å². The van der Waals surface area contributed by atoms with Crippen molar-refractivity contribution in [1.82, 2.24) is 9.88 Å². The van der Waals surface area contributed by atoms with Crippen LogP contribution in [0.5, 0.6) is 0 Å². The lowest BCUT2D eigenvalue weighted by atomic mass is 9.88. The second kappa shape index (κ2) is 8.49. The minimum Gasteiger partial charge on any atom is -0.309 e. The summed E-state index contributed by atoms with van der Waals surface area (Å²) in [5.74, 6) is 0.467. The van der Waals surface area contributed by atoms with E-state index in [0.717, 1.165) is 43.0 Å². The number of aromatic nitrogens is 1. The van der Waals surface area contributed by atoms with Crippen LogP contribution < -0.4 is 4.90 Å². The van der Waals surface area contributed by atoms with Crippen LogP contribution >= 0.6 is 11.3 Å². The monoisotopic (exact) mass is 373 g/mol. The second-order valence-electron chi connectivity index (χ2n) is 7.83. The molecule has 1 amide bonds. The third-order valence-electron chi connectivity index (χ3n) is 5.51. The number of fused-ring (bicyclic) bond motifs is 1. The Morgan fingerprint density at radius 3 is 2.58 bits per heavy atom. The first-order chi connectivity index (χ1) is 12.5. The molecule has 5 heteroatoms. The van der Waals surface area contributed by atoms with E-state index in [0.29, 0.717) is 0 Å². The van der Waals surface area contributed by atoms with E-state index in [1.54, 1.807) is 11.3 Å². The van der Waals surface area contributed by atoms with Gasteiger partial charge in [-0.3, -0.25) is 9.69 Å². The van der Waals surface area contributed by atoms with Crippen LogP contribution in [-0.4, -0.2) is 43.0 Å². The van der Waals surface area contributed by atoms with Gasteiger partial charge in [-0.25, -0.2) is 4.98 Å². The van der Waals surface area contributed by atoms with E-state index in [1.165, 1.54) is 35.1 Å². The van der Waals surface area contributed by atoms with E-state index in [-0.39, 0.29) is 11.8 Å². The van der Waals surface area contributed by atoms with Crippen molar-refractivity contribution in [2.75, 3.05) is 32.1 Å². The number of benzene rings is 1. The topological polar surface area (TPSA) is 36.4 Å².